The first-order valence-corrected chi connectivity index (χ1v) is 23.6. The summed E-state index contributed by atoms with van der Waals surface area (Å²) in [4.78, 5) is 10.7. The van der Waals surface area contributed by atoms with Crippen molar-refractivity contribution in [2.24, 2.45) is 0 Å². The molecule has 0 atom stereocenters. The van der Waals surface area contributed by atoms with Gasteiger partial charge in [-0.15, -0.1) is 11.3 Å². The van der Waals surface area contributed by atoms with Gasteiger partial charge in [-0.1, -0.05) is 152 Å². The van der Waals surface area contributed by atoms with Crippen molar-refractivity contribution >= 4 is 118 Å². The predicted molar refractivity (Wildman–Crippen MR) is 284 cm³/mol. The molecule has 15 rings (SSSR count). The third-order valence-corrected chi connectivity index (χ3v) is 15.2. The first-order valence-electron chi connectivity index (χ1n) is 22.8. The third-order valence-electron chi connectivity index (χ3n) is 14.1. The van der Waals surface area contributed by atoms with E-state index in [0.717, 1.165) is 50.0 Å². The topological polar surface area (TPSA) is 35.6 Å². The Morgan fingerprint density at radius 3 is 1.90 bits per heavy atom. The summed E-state index contributed by atoms with van der Waals surface area (Å²) in [5.41, 5.74) is 11.0. The molecular weight excluding hydrogens is 833 g/mol. The van der Waals surface area contributed by atoms with Gasteiger partial charge in [0.15, 0.2) is 5.82 Å². The number of aromatic nitrogens is 4. The van der Waals surface area contributed by atoms with E-state index in [2.05, 4.69) is 228 Å². The standard InChI is InChI=1S/C62H36N4S/c1-2-17-42-37(14-1)30-33-55-59(42)46-20-5-9-26-53(46)66(55)54-27-12-16-39-35-50-43-18-4-8-25-52(43)65(56(50)36-49(39)54)40-31-32-41-38(34-40)15-11-22-44(41)62-63-51-24-7-3-19-45(51)61(64-62)48-23-13-29-58-60(48)47-21-6-10-28-57(47)67-58/h1-36H. The molecular formula is C62H36N4S. The minimum atomic E-state index is 0.720. The molecule has 4 aromatic heterocycles. The lowest BCUT2D eigenvalue weighted by atomic mass is 9.99. The van der Waals surface area contributed by atoms with Gasteiger partial charge >= 0.3 is 0 Å². The highest BCUT2D eigenvalue weighted by Crippen LogP contribution is 2.44. The van der Waals surface area contributed by atoms with Crippen molar-refractivity contribution in [3.63, 3.8) is 0 Å². The lowest BCUT2D eigenvalue weighted by Crippen LogP contribution is -1.98. The Morgan fingerprint density at radius 2 is 1.00 bits per heavy atom. The number of rotatable bonds is 4. The second-order valence-corrected chi connectivity index (χ2v) is 18.7. The van der Waals surface area contributed by atoms with Crippen LogP contribution in [0.2, 0.25) is 0 Å². The molecule has 0 bridgehead atoms. The molecule has 0 saturated heterocycles. The number of hydrogen-bond acceptors (Lipinski definition) is 3. The predicted octanol–water partition coefficient (Wildman–Crippen LogP) is 17.0. The molecule has 0 N–H and O–H groups in total. The molecule has 0 aliphatic rings. The molecule has 0 spiro atoms. The maximum Gasteiger partial charge on any atom is 0.161 e. The quantitative estimate of drug-likeness (QED) is 0.177. The Labute approximate surface area is 387 Å². The van der Waals surface area contributed by atoms with Crippen molar-refractivity contribution in [1.29, 1.82) is 0 Å². The molecule has 0 aliphatic heterocycles. The lowest BCUT2D eigenvalue weighted by Gasteiger charge is -2.14. The number of nitrogens with zero attached hydrogens (tertiary/aromatic N) is 4. The Morgan fingerprint density at radius 1 is 0.328 bits per heavy atom. The van der Waals surface area contributed by atoms with Crippen LogP contribution in [0.15, 0.2) is 218 Å². The van der Waals surface area contributed by atoms with Gasteiger partial charge in [-0.25, -0.2) is 9.97 Å². The highest BCUT2D eigenvalue weighted by atomic mass is 32.1. The Hall–Kier alpha value is -8.64. The van der Waals surface area contributed by atoms with Crippen LogP contribution < -0.4 is 0 Å². The molecule has 0 amide bonds. The van der Waals surface area contributed by atoms with E-state index in [1.165, 1.54) is 91.0 Å². The van der Waals surface area contributed by atoms with E-state index in [0.29, 0.717) is 0 Å². The largest absolute Gasteiger partial charge is 0.309 e. The van der Waals surface area contributed by atoms with E-state index < -0.39 is 0 Å². The molecule has 0 radical (unpaired) electrons. The smallest absolute Gasteiger partial charge is 0.161 e. The van der Waals surface area contributed by atoms with Crippen LogP contribution in [0.1, 0.15) is 0 Å². The zero-order chi connectivity index (χ0) is 43.7. The maximum atomic E-state index is 5.48. The van der Waals surface area contributed by atoms with Crippen LogP contribution in [0.3, 0.4) is 0 Å². The number of para-hydroxylation sites is 3. The van der Waals surface area contributed by atoms with Gasteiger partial charge in [0, 0.05) is 69.3 Å². The Balaban J connectivity index is 0.934. The molecule has 0 fully saturated rings. The third kappa shape index (κ3) is 5.29. The highest BCUT2D eigenvalue weighted by molar-refractivity contribution is 7.25. The van der Waals surface area contributed by atoms with Gasteiger partial charge in [0.2, 0.25) is 0 Å². The van der Waals surface area contributed by atoms with E-state index in [-0.39, 0.29) is 0 Å². The normalized spacial score (nSPS) is 12.2. The monoisotopic (exact) mass is 868 g/mol. The molecule has 0 unspecified atom stereocenters. The average molecular weight is 869 g/mol. The van der Waals surface area contributed by atoms with Crippen LogP contribution in [0, 0.1) is 0 Å². The number of fused-ring (bicyclic) bond motifs is 14. The number of benzene rings is 11. The summed E-state index contributed by atoms with van der Waals surface area (Å²) in [6.07, 6.45) is 0. The Bertz CT molecular complexity index is 4590. The van der Waals surface area contributed by atoms with Gasteiger partial charge in [0.25, 0.3) is 0 Å². The molecule has 4 nitrogen and oxygen atoms in total. The van der Waals surface area contributed by atoms with Gasteiger partial charge < -0.3 is 9.13 Å². The second-order valence-electron chi connectivity index (χ2n) is 17.7. The maximum absolute atomic E-state index is 5.48. The first-order chi connectivity index (χ1) is 33.2. The van der Waals surface area contributed by atoms with Gasteiger partial charge in [0.05, 0.1) is 39.0 Å². The molecule has 15 aromatic rings. The molecule has 5 heteroatoms. The summed E-state index contributed by atoms with van der Waals surface area (Å²) < 4.78 is 7.46. The van der Waals surface area contributed by atoms with Crippen molar-refractivity contribution in [3.8, 4) is 34.0 Å². The molecule has 67 heavy (non-hydrogen) atoms. The van der Waals surface area contributed by atoms with Crippen molar-refractivity contribution < 1.29 is 0 Å². The van der Waals surface area contributed by atoms with Crippen molar-refractivity contribution in [1.82, 2.24) is 19.1 Å². The van der Waals surface area contributed by atoms with Gasteiger partial charge in [0.1, 0.15) is 0 Å². The summed E-state index contributed by atoms with van der Waals surface area (Å²) in [5, 5.41) is 15.7. The summed E-state index contributed by atoms with van der Waals surface area (Å²) in [6.45, 7) is 0. The Kier molecular flexibility index (Phi) is 7.63. The zero-order valence-electron chi connectivity index (χ0n) is 36.0. The van der Waals surface area contributed by atoms with Crippen LogP contribution in [-0.4, -0.2) is 19.1 Å². The van der Waals surface area contributed by atoms with Crippen LogP contribution in [0.5, 0.6) is 0 Å². The number of hydrogen-bond donors (Lipinski definition) is 0. The van der Waals surface area contributed by atoms with E-state index in [1.807, 2.05) is 11.3 Å². The van der Waals surface area contributed by atoms with Crippen LogP contribution in [-0.2, 0) is 0 Å². The van der Waals surface area contributed by atoms with Gasteiger partial charge in [-0.2, -0.15) is 0 Å². The van der Waals surface area contributed by atoms with Crippen molar-refractivity contribution in [3.05, 3.63) is 218 Å². The van der Waals surface area contributed by atoms with E-state index in [1.54, 1.807) is 0 Å². The fourth-order valence-electron chi connectivity index (χ4n) is 11.2. The van der Waals surface area contributed by atoms with Gasteiger partial charge in [-0.3, -0.25) is 0 Å². The van der Waals surface area contributed by atoms with Crippen LogP contribution in [0.25, 0.3) is 141 Å². The van der Waals surface area contributed by atoms with E-state index in [9.17, 15) is 0 Å². The van der Waals surface area contributed by atoms with Crippen LogP contribution in [0.4, 0.5) is 0 Å². The molecule has 11 aromatic carbocycles. The molecule has 4 heterocycles. The minimum Gasteiger partial charge on any atom is -0.309 e. The molecule has 0 aliphatic carbocycles. The summed E-state index contributed by atoms with van der Waals surface area (Å²) >= 11 is 1.83. The first kappa shape index (κ1) is 36.7. The highest BCUT2D eigenvalue weighted by Gasteiger charge is 2.21. The van der Waals surface area contributed by atoms with Crippen LogP contribution >= 0.6 is 11.3 Å². The molecule has 310 valence electrons. The fraction of sp³-hybridized carbons (Fsp3) is 0. The van der Waals surface area contributed by atoms with Crippen molar-refractivity contribution in [2.45, 2.75) is 0 Å². The average Bonchev–Trinajstić information content (AvgIpc) is 4.05. The minimum absolute atomic E-state index is 0.720. The zero-order valence-corrected chi connectivity index (χ0v) is 36.8. The van der Waals surface area contributed by atoms with E-state index in [4.69, 9.17) is 9.97 Å². The lowest BCUT2D eigenvalue weighted by molar-refractivity contribution is 1.18. The summed E-state index contributed by atoms with van der Waals surface area (Å²) in [5.74, 6) is 0.720. The fourth-order valence-corrected chi connectivity index (χ4v) is 12.3. The SMILES string of the molecule is c1cc(-c2nc(-c3cccc4sc5ccccc5c34)c3ccccc3n2)c2ccc(-n3c4ccccc4c4cc5cccc(-n6c7ccccc7c7c8ccccc8ccc76)c5cc43)cc2c1. The van der Waals surface area contributed by atoms with E-state index >= 15 is 0 Å². The molecule has 0 saturated carbocycles. The van der Waals surface area contributed by atoms with Crippen molar-refractivity contribution in [2.75, 3.05) is 0 Å². The summed E-state index contributed by atoms with van der Waals surface area (Å²) in [7, 11) is 0. The number of thiophene rings is 1. The van der Waals surface area contributed by atoms with Gasteiger partial charge in [-0.05, 0) is 93.7 Å². The second kappa shape index (κ2) is 13.9. The summed E-state index contributed by atoms with van der Waals surface area (Å²) in [6, 6.07) is 79.6.